The van der Waals surface area contributed by atoms with Gasteiger partial charge < -0.3 is 10.1 Å². The fraction of sp³-hybridized carbons (Fsp3) is 0.130. The van der Waals surface area contributed by atoms with Crippen molar-refractivity contribution in [2.45, 2.75) is 17.1 Å². The molecule has 0 radical (unpaired) electrons. The Kier molecular flexibility index (Phi) is 6.87. The molecule has 0 heterocycles. The van der Waals surface area contributed by atoms with Crippen molar-refractivity contribution in [1.29, 1.82) is 0 Å². The molecule has 3 rings (SSSR count). The number of rotatable bonds is 7. The zero-order valence-electron chi connectivity index (χ0n) is 15.5. The molecule has 0 bridgehead atoms. The van der Waals surface area contributed by atoms with Crippen molar-refractivity contribution in [2.24, 2.45) is 0 Å². The normalized spacial score (nSPS) is 11.5. The number of thioether (sulfide) groups is 1. The molecule has 0 fully saturated rings. The molecule has 1 N–H and O–H groups in total. The number of carbonyl (C=O) groups is 2. The van der Waals surface area contributed by atoms with Gasteiger partial charge in [-0.2, -0.15) is 0 Å². The van der Waals surface area contributed by atoms with Gasteiger partial charge in [-0.1, -0.05) is 54.6 Å². The van der Waals surface area contributed by atoms with E-state index in [2.05, 4.69) is 5.32 Å². The summed E-state index contributed by atoms with van der Waals surface area (Å²) in [5.74, 6) is -0.557. The monoisotopic (exact) mass is 391 g/mol. The highest BCUT2D eigenvalue weighted by atomic mass is 32.2. The average Bonchev–Trinajstić information content (AvgIpc) is 2.73. The van der Waals surface area contributed by atoms with Gasteiger partial charge in [0.25, 0.3) is 0 Å². The summed E-state index contributed by atoms with van der Waals surface area (Å²) in [5.41, 5.74) is 1.88. The number of hydrogen-bond donors (Lipinski definition) is 1. The third-order valence-electron chi connectivity index (χ3n) is 3.98. The topological polar surface area (TPSA) is 55.4 Å². The summed E-state index contributed by atoms with van der Waals surface area (Å²) in [7, 11) is 0. The second-order valence-corrected chi connectivity index (χ2v) is 7.19. The molecule has 0 saturated carbocycles. The van der Waals surface area contributed by atoms with Crippen LogP contribution in [-0.2, 0) is 9.53 Å². The Morgan fingerprint density at radius 1 is 0.929 bits per heavy atom. The second kappa shape index (κ2) is 9.76. The highest BCUT2D eigenvalue weighted by molar-refractivity contribution is 8.00. The van der Waals surface area contributed by atoms with Gasteiger partial charge in [-0.05, 0) is 42.8 Å². The van der Waals surface area contributed by atoms with E-state index >= 15 is 0 Å². The Hall–Kier alpha value is -3.05. The molecule has 0 saturated heterocycles. The first-order chi connectivity index (χ1) is 13.7. The van der Waals surface area contributed by atoms with Crippen LogP contribution < -0.4 is 5.32 Å². The molecule has 28 heavy (non-hydrogen) atoms. The van der Waals surface area contributed by atoms with Gasteiger partial charge in [-0.3, -0.25) is 4.79 Å². The van der Waals surface area contributed by atoms with Crippen LogP contribution in [0.15, 0.2) is 89.8 Å². The summed E-state index contributed by atoms with van der Waals surface area (Å²) in [6.45, 7) is 2.06. The number of nitrogens with one attached hydrogen (secondary N) is 1. The lowest BCUT2D eigenvalue weighted by Crippen LogP contribution is -2.19. The van der Waals surface area contributed by atoms with Crippen molar-refractivity contribution in [3.05, 3.63) is 96.1 Å². The van der Waals surface area contributed by atoms with Crippen LogP contribution in [0.4, 0.5) is 5.69 Å². The summed E-state index contributed by atoms with van der Waals surface area (Å²) in [5, 5.41) is 2.51. The zero-order valence-corrected chi connectivity index (χ0v) is 16.3. The minimum absolute atomic E-state index is 0.152. The molecule has 3 aromatic rings. The Bertz CT molecular complexity index is 929. The van der Waals surface area contributed by atoms with Crippen molar-refractivity contribution in [3.63, 3.8) is 0 Å². The molecule has 0 spiro atoms. The molecule has 0 aromatic heterocycles. The minimum Gasteiger partial charge on any atom is -0.462 e. The number of ether oxygens (including phenoxy) is 1. The van der Waals surface area contributed by atoms with Crippen LogP contribution in [0.25, 0.3) is 0 Å². The quantitative estimate of drug-likeness (QED) is 0.437. The van der Waals surface area contributed by atoms with Crippen LogP contribution in [0.5, 0.6) is 0 Å². The molecule has 0 aliphatic heterocycles. The number of carbonyl (C=O) groups excluding carboxylic acids is 2. The van der Waals surface area contributed by atoms with E-state index < -0.39 is 11.2 Å². The highest BCUT2D eigenvalue weighted by Gasteiger charge is 2.22. The van der Waals surface area contributed by atoms with E-state index in [1.807, 2.05) is 60.7 Å². The molecule has 4 nitrogen and oxygen atoms in total. The maximum absolute atomic E-state index is 13.1. The Balaban J connectivity index is 1.82. The van der Waals surface area contributed by atoms with Gasteiger partial charge in [0.1, 0.15) is 5.25 Å². The minimum atomic E-state index is -0.421. The summed E-state index contributed by atoms with van der Waals surface area (Å²) in [4.78, 5) is 26.0. The van der Waals surface area contributed by atoms with Crippen molar-refractivity contribution < 1.29 is 14.3 Å². The molecule has 0 aliphatic rings. The van der Waals surface area contributed by atoms with Crippen LogP contribution in [0.2, 0.25) is 0 Å². The molecule has 1 unspecified atom stereocenters. The lowest BCUT2D eigenvalue weighted by molar-refractivity contribution is -0.115. The van der Waals surface area contributed by atoms with E-state index in [4.69, 9.17) is 4.74 Å². The summed E-state index contributed by atoms with van der Waals surface area (Å²) in [6, 6.07) is 26.2. The molecular weight excluding hydrogens is 370 g/mol. The van der Waals surface area contributed by atoms with Crippen LogP contribution in [0.3, 0.4) is 0 Å². The smallest absolute Gasteiger partial charge is 0.338 e. The predicted molar refractivity (Wildman–Crippen MR) is 113 cm³/mol. The molecule has 5 heteroatoms. The van der Waals surface area contributed by atoms with Crippen molar-refractivity contribution in [1.82, 2.24) is 0 Å². The van der Waals surface area contributed by atoms with Gasteiger partial charge in [-0.15, -0.1) is 11.8 Å². The number of benzene rings is 3. The number of hydrogen-bond acceptors (Lipinski definition) is 4. The predicted octanol–water partition coefficient (Wildman–Crippen LogP) is 5.34. The lowest BCUT2D eigenvalue weighted by atomic mass is 10.1. The van der Waals surface area contributed by atoms with Crippen molar-refractivity contribution in [3.8, 4) is 0 Å². The largest absolute Gasteiger partial charge is 0.462 e. The SMILES string of the molecule is CCOC(=O)c1cccc(NC(=O)C(Sc2ccccc2)c2ccccc2)c1. The Morgan fingerprint density at radius 2 is 1.61 bits per heavy atom. The number of esters is 1. The third kappa shape index (κ3) is 5.24. The van der Waals surface area contributed by atoms with Crippen LogP contribution in [-0.4, -0.2) is 18.5 Å². The second-order valence-electron chi connectivity index (χ2n) is 6.01. The van der Waals surface area contributed by atoms with E-state index in [0.29, 0.717) is 17.9 Å². The first-order valence-electron chi connectivity index (χ1n) is 9.02. The number of amides is 1. The summed E-state index contributed by atoms with van der Waals surface area (Å²) < 4.78 is 5.03. The maximum Gasteiger partial charge on any atom is 0.338 e. The molecule has 1 amide bonds. The third-order valence-corrected chi connectivity index (χ3v) is 5.25. The van der Waals surface area contributed by atoms with Gasteiger partial charge in [-0.25, -0.2) is 4.79 Å². The molecule has 0 aliphatic carbocycles. The van der Waals surface area contributed by atoms with Crippen molar-refractivity contribution in [2.75, 3.05) is 11.9 Å². The fourth-order valence-electron chi connectivity index (χ4n) is 2.68. The van der Waals surface area contributed by atoms with E-state index in [-0.39, 0.29) is 5.91 Å². The van der Waals surface area contributed by atoms with E-state index in [0.717, 1.165) is 10.5 Å². The first kappa shape index (κ1) is 19.7. The van der Waals surface area contributed by atoms with Crippen molar-refractivity contribution >= 4 is 29.3 Å². The lowest BCUT2D eigenvalue weighted by Gasteiger charge is -2.17. The molecule has 3 aromatic carbocycles. The number of anilines is 1. The van der Waals surface area contributed by atoms with Crippen LogP contribution in [0, 0.1) is 0 Å². The standard InChI is InChI=1S/C23H21NO3S/c1-2-27-23(26)18-12-9-13-19(16-18)24-22(25)21(17-10-5-3-6-11-17)28-20-14-7-4-8-15-20/h3-16,21H,2H2,1H3,(H,24,25). The van der Waals surface area contributed by atoms with Gasteiger partial charge in [0.15, 0.2) is 0 Å². The van der Waals surface area contributed by atoms with Gasteiger partial charge in [0.05, 0.1) is 12.2 Å². The average molecular weight is 391 g/mol. The fourth-order valence-corrected chi connectivity index (χ4v) is 3.73. The molecule has 1 atom stereocenters. The Labute approximate surface area is 168 Å². The van der Waals surface area contributed by atoms with Crippen LogP contribution >= 0.6 is 11.8 Å². The van der Waals surface area contributed by atoms with Gasteiger partial charge in [0, 0.05) is 10.6 Å². The maximum atomic E-state index is 13.1. The first-order valence-corrected chi connectivity index (χ1v) is 9.90. The van der Waals surface area contributed by atoms with Gasteiger partial charge in [0.2, 0.25) is 5.91 Å². The van der Waals surface area contributed by atoms with Gasteiger partial charge >= 0.3 is 5.97 Å². The van der Waals surface area contributed by atoms with E-state index in [1.54, 1.807) is 31.2 Å². The Morgan fingerprint density at radius 3 is 2.29 bits per heavy atom. The summed E-state index contributed by atoms with van der Waals surface area (Å²) >= 11 is 1.48. The highest BCUT2D eigenvalue weighted by Crippen LogP contribution is 2.36. The molecule has 142 valence electrons. The molecular formula is C23H21NO3S. The summed E-state index contributed by atoms with van der Waals surface area (Å²) in [6.07, 6.45) is 0. The van der Waals surface area contributed by atoms with E-state index in [1.165, 1.54) is 11.8 Å². The zero-order chi connectivity index (χ0) is 19.8. The van der Waals surface area contributed by atoms with E-state index in [9.17, 15) is 9.59 Å². The van der Waals surface area contributed by atoms with Crippen LogP contribution in [0.1, 0.15) is 28.1 Å².